The summed E-state index contributed by atoms with van der Waals surface area (Å²) in [6.07, 6.45) is 3.75. The van der Waals surface area contributed by atoms with Crippen LogP contribution in [-0.4, -0.2) is 35.0 Å². The normalized spacial score (nSPS) is 12.4. The molecule has 2 aromatic rings. The maximum atomic E-state index is 6.10. The van der Waals surface area contributed by atoms with E-state index in [1.807, 2.05) is 6.20 Å². The number of nitrogens with two attached hydrogens (primary N) is 1. The zero-order chi connectivity index (χ0) is 17.0. The van der Waals surface area contributed by atoms with Crippen molar-refractivity contribution in [3.05, 3.63) is 41.1 Å². The maximum Gasteiger partial charge on any atom is 0.229 e. The molecular weight excluding hydrogens is 286 g/mol. The van der Waals surface area contributed by atoms with Crippen LogP contribution in [-0.2, 0) is 6.42 Å². The predicted octanol–water partition coefficient (Wildman–Crippen LogP) is 3.30. The van der Waals surface area contributed by atoms with Crippen LogP contribution in [0.3, 0.4) is 0 Å². The Kier molecular flexibility index (Phi) is 5.55. The van der Waals surface area contributed by atoms with Crippen molar-refractivity contribution in [1.29, 1.82) is 0 Å². The molecule has 0 aliphatic carbocycles. The van der Waals surface area contributed by atoms with Crippen molar-refractivity contribution < 1.29 is 0 Å². The van der Waals surface area contributed by atoms with E-state index in [1.54, 1.807) is 0 Å². The Morgan fingerprint density at radius 2 is 2.00 bits per heavy atom. The fraction of sp³-hybridized carbons (Fsp3) is 0.444. The standard InChI is InChI=1S/C18H27N5/c1-12-6-7-13(2)16(10-12)21-18-20-11-15(17(19)22-18)9-8-14(3)23(4)5/h6-7,10-11,14H,8-9H2,1-5H3,(H3,19,20,21,22). The van der Waals surface area contributed by atoms with E-state index in [4.69, 9.17) is 5.73 Å². The summed E-state index contributed by atoms with van der Waals surface area (Å²) in [5, 5.41) is 3.25. The summed E-state index contributed by atoms with van der Waals surface area (Å²) in [5.74, 6) is 1.10. The molecule has 1 unspecified atom stereocenters. The Balaban J connectivity index is 2.08. The SMILES string of the molecule is Cc1ccc(C)c(Nc2ncc(CCC(C)N(C)C)c(N)n2)c1. The Morgan fingerprint density at radius 3 is 2.65 bits per heavy atom. The summed E-state index contributed by atoms with van der Waals surface area (Å²) < 4.78 is 0. The molecule has 1 aromatic carbocycles. The van der Waals surface area contributed by atoms with Crippen molar-refractivity contribution in [2.24, 2.45) is 0 Å². The Bertz CT molecular complexity index is 666. The third-order valence-corrected chi connectivity index (χ3v) is 4.25. The van der Waals surface area contributed by atoms with E-state index in [-0.39, 0.29) is 0 Å². The zero-order valence-corrected chi connectivity index (χ0v) is 14.7. The van der Waals surface area contributed by atoms with Gasteiger partial charge in [-0.25, -0.2) is 4.98 Å². The van der Waals surface area contributed by atoms with Crippen LogP contribution in [0.15, 0.2) is 24.4 Å². The second kappa shape index (κ2) is 7.42. The van der Waals surface area contributed by atoms with Gasteiger partial charge >= 0.3 is 0 Å². The second-order valence-corrected chi connectivity index (χ2v) is 6.40. The van der Waals surface area contributed by atoms with Gasteiger partial charge in [-0.15, -0.1) is 0 Å². The van der Waals surface area contributed by atoms with Crippen LogP contribution in [0.2, 0.25) is 0 Å². The van der Waals surface area contributed by atoms with Gasteiger partial charge in [0.05, 0.1) is 0 Å². The first-order valence-corrected chi connectivity index (χ1v) is 7.99. The van der Waals surface area contributed by atoms with Crippen LogP contribution in [0.5, 0.6) is 0 Å². The zero-order valence-electron chi connectivity index (χ0n) is 14.7. The lowest BCUT2D eigenvalue weighted by Gasteiger charge is -2.19. The number of anilines is 3. The molecular formula is C18H27N5. The van der Waals surface area contributed by atoms with Gasteiger partial charge in [-0.3, -0.25) is 0 Å². The molecule has 3 N–H and O–H groups in total. The number of nitrogens with one attached hydrogen (secondary N) is 1. The average Bonchev–Trinajstić information content (AvgIpc) is 2.49. The summed E-state index contributed by atoms with van der Waals surface area (Å²) in [7, 11) is 4.17. The van der Waals surface area contributed by atoms with E-state index in [0.29, 0.717) is 17.8 Å². The van der Waals surface area contributed by atoms with Gasteiger partial charge in [0.25, 0.3) is 0 Å². The molecule has 2 rings (SSSR count). The smallest absolute Gasteiger partial charge is 0.229 e. The first-order chi connectivity index (χ1) is 10.9. The van der Waals surface area contributed by atoms with E-state index >= 15 is 0 Å². The molecule has 0 aliphatic rings. The molecule has 0 aliphatic heterocycles. The summed E-state index contributed by atoms with van der Waals surface area (Å²) in [5.41, 5.74) is 10.5. The van der Waals surface area contributed by atoms with Crippen molar-refractivity contribution in [3.8, 4) is 0 Å². The quantitative estimate of drug-likeness (QED) is 0.856. The highest BCUT2D eigenvalue weighted by Crippen LogP contribution is 2.21. The van der Waals surface area contributed by atoms with Crippen molar-refractivity contribution in [2.75, 3.05) is 25.1 Å². The maximum absolute atomic E-state index is 6.10. The van der Waals surface area contributed by atoms with E-state index in [0.717, 1.165) is 29.7 Å². The molecule has 5 nitrogen and oxygen atoms in total. The van der Waals surface area contributed by atoms with Gasteiger partial charge in [-0.2, -0.15) is 4.98 Å². The molecule has 0 spiro atoms. The lowest BCUT2D eigenvalue weighted by Crippen LogP contribution is -2.25. The number of nitrogen functional groups attached to an aromatic ring is 1. The molecule has 0 saturated carbocycles. The third kappa shape index (κ3) is 4.66. The van der Waals surface area contributed by atoms with E-state index in [9.17, 15) is 0 Å². The first-order valence-electron chi connectivity index (χ1n) is 7.99. The minimum Gasteiger partial charge on any atom is -0.383 e. The topological polar surface area (TPSA) is 67.1 Å². The van der Waals surface area contributed by atoms with Gasteiger partial charge in [-0.05, 0) is 64.9 Å². The highest BCUT2D eigenvalue weighted by Gasteiger charge is 2.09. The lowest BCUT2D eigenvalue weighted by atomic mass is 10.1. The second-order valence-electron chi connectivity index (χ2n) is 6.40. The van der Waals surface area contributed by atoms with Crippen molar-refractivity contribution in [2.45, 2.75) is 39.7 Å². The predicted molar refractivity (Wildman–Crippen MR) is 97.1 cm³/mol. The van der Waals surface area contributed by atoms with Gasteiger partial charge in [-0.1, -0.05) is 12.1 Å². The monoisotopic (exact) mass is 313 g/mol. The summed E-state index contributed by atoms with van der Waals surface area (Å²) >= 11 is 0. The van der Waals surface area contributed by atoms with E-state index < -0.39 is 0 Å². The first kappa shape index (κ1) is 17.2. The molecule has 1 atom stereocenters. The van der Waals surface area contributed by atoms with Crippen LogP contribution in [0, 0.1) is 13.8 Å². The lowest BCUT2D eigenvalue weighted by molar-refractivity contribution is 0.299. The van der Waals surface area contributed by atoms with Crippen molar-refractivity contribution in [1.82, 2.24) is 14.9 Å². The Morgan fingerprint density at radius 1 is 1.26 bits per heavy atom. The molecule has 5 heteroatoms. The minimum absolute atomic E-state index is 0.502. The number of aromatic nitrogens is 2. The fourth-order valence-electron chi connectivity index (χ4n) is 2.29. The summed E-state index contributed by atoms with van der Waals surface area (Å²) in [6.45, 7) is 6.32. The molecule has 0 saturated heterocycles. The number of aryl methyl sites for hydroxylation is 3. The van der Waals surface area contributed by atoms with Crippen LogP contribution in [0.25, 0.3) is 0 Å². The fourth-order valence-corrected chi connectivity index (χ4v) is 2.29. The van der Waals surface area contributed by atoms with E-state index in [2.05, 4.69) is 73.3 Å². The number of benzene rings is 1. The van der Waals surface area contributed by atoms with E-state index in [1.165, 1.54) is 5.56 Å². The number of hydrogen-bond donors (Lipinski definition) is 2. The molecule has 0 radical (unpaired) electrons. The Hall–Kier alpha value is -2.14. The molecule has 0 fully saturated rings. The van der Waals surface area contributed by atoms with Gasteiger partial charge < -0.3 is 16.0 Å². The van der Waals surface area contributed by atoms with Crippen molar-refractivity contribution >= 4 is 17.5 Å². The molecule has 23 heavy (non-hydrogen) atoms. The molecule has 1 heterocycles. The molecule has 124 valence electrons. The Labute approximate surface area is 138 Å². The number of nitrogens with zero attached hydrogens (tertiary/aromatic N) is 3. The van der Waals surface area contributed by atoms with Crippen LogP contribution < -0.4 is 11.1 Å². The highest BCUT2D eigenvalue weighted by atomic mass is 15.1. The average molecular weight is 313 g/mol. The largest absolute Gasteiger partial charge is 0.383 e. The van der Waals surface area contributed by atoms with Gasteiger partial charge in [0.15, 0.2) is 0 Å². The number of hydrogen-bond acceptors (Lipinski definition) is 5. The van der Waals surface area contributed by atoms with Crippen LogP contribution in [0.4, 0.5) is 17.5 Å². The van der Waals surface area contributed by atoms with Gasteiger partial charge in [0.1, 0.15) is 5.82 Å². The minimum atomic E-state index is 0.502. The molecule has 1 aromatic heterocycles. The van der Waals surface area contributed by atoms with Crippen LogP contribution in [0.1, 0.15) is 30.0 Å². The third-order valence-electron chi connectivity index (χ3n) is 4.25. The highest BCUT2D eigenvalue weighted by molar-refractivity contribution is 5.60. The van der Waals surface area contributed by atoms with Gasteiger partial charge in [0, 0.05) is 23.5 Å². The summed E-state index contributed by atoms with van der Waals surface area (Å²) in [4.78, 5) is 11.0. The molecule has 0 bridgehead atoms. The number of rotatable bonds is 6. The van der Waals surface area contributed by atoms with Crippen molar-refractivity contribution in [3.63, 3.8) is 0 Å². The van der Waals surface area contributed by atoms with Crippen LogP contribution >= 0.6 is 0 Å². The summed E-state index contributed by atoms with van der Waals surface area (Å²) in [6, 6.07) is 6.76. The molecule has 0 amide bonds. The van der Waals surface area contributed by atoms with Gasteiger partial charge in [0.2, 0.25) is 5.95 Å².